The number of hydrogen-bond acceptors (Lipinski definition) is 2. The Labute approximate surface area is 205 Å². The maximum absolute atomic E-state index is 10.5. The summed E-state index contributed by atoms with van der Waals surface area (Å²) in [5.41, 5.74) is 5.88. The summed E-state index contributed by atoms with van der Waals surface area (Å²) in [6.45, 7) is 12.3. The van der Waals surface area contributed by atoms with Crippen molar-refractivity contribution in [2.45, 2.75) is 72.6 Å². The fourth-order valence-electron chi connectivity index (χ4n) is 4.00. The zero-order valence-corrected chi connectivity index (χ0v) is 21.7. The number of aryl methyl sites for hydroxylation is 3. The summed E-state index contributed by atoms with van der Waals surface area (Å²) in [5.74, 6) is 0. The Morgan fingerprint density at radius 3 is 2.21 bits per heavy atom. The van der Waals surface area contributed by atoms with E-state index in [2.05, 4.69) is 73.5 Å². The van der Waals surface area contributed by atoms with Gasteiger partial charge in [0.25, 0.3) is 0 Å². The highest BCUT2D eigenvalue weighted by Crippen LogP contribution is 2.24. The van der Waals surface area contributed by atoms with E-state index in [1.54, 1.807) is 0 Å². The summed E-state index contributed by atoms with van der Waals surface area (Å²) < 4.78 is 2.10. The molecule has 0 saturated carbocycles. The number of aromatic nitrogens is 1. The number of hydrogen-bond donors (Lipinski definition) is 0. The van der Waals surface area contributed by atoms with E-state index in [4.69, 9.17) is 11.6 Å². The van der Waals surface area contributed by atoms with Gasteiger partial charge in [0.15, 0.2) is 0 Å². The minimum Gasteiger partial charge on any atom is -0.307 e. The molecule has 0 unspecified atom stereocenters. The third kappa shape index (κ3) is 8.64. The van der Waals surface area contributed by atoms with Crippen molar-refractivity contribution in [3.63, 3.8) is 0 Å². The van der Waals surface area contributed by atoms with Gasteiger partial charge >= 0.3 is 0 Å². The zero-order chi connectivity index (χ0) is 24.1. The predicted octanol–water partition coefficient (Wildman–Crippen LogP) is 7.66. The molecule has 3 aromatic rings. The standard InChI is InChI=1S/C15H23NO.C14H18ClN/c1-3-11-16(4-2)12-5-6-14-7-9-15(13-17)10-8-14;1-3-5-6-12-9-13-8-7-11(4-2)10-16(13)14(12)15/h7-10,13H,3-6,11-12H2,1-2H3;7-10H,3-6H2,1-2H3. The minimum absolute atomic E-state index is 0.759. The van der Waals surface area contributed by atoms with Gasteiger partial charge in [0.05, 0.1) is 0 Å². The van der Waals surface area contributed by atoms with E-state index >= 15 is 0 Å². The normalized spacial score (nSPS) is 11.0. The number of nitrogens with zero attached hydrogens (tertiary/aromatic N) is 2. The summed E-state index contributed by atoms with van der Waals surface area (Å²) in [6.07, 6.45) is 11.1. The van der Waals surface area contributed by atoms with Crippen LogP contribution in [-0.4, -0.2) is 35.2 Å². The lowest BCUT2D eigenvalue weighted by atomic mass is 10.1. The molecule has 2 aromatic heterocycles. The lowest BCUT2D eigenvalue weighted by Gasteiger charge is -2.19. The molecule has 0 aliphatic rings. The molecule has 0 amide bonds. The van der Waals surface area contributed by atoms with Crippen molar-refractivity contribution in [1.29, 1.82) is 0 Å². The maximum Gasteiger partial charge on any atom is 0.150 e. The lowest BCUT2D eigenvalue weighted by Crippen LogP contribution is -2.25. The monoisotopic (exact) mass is 468 g/mol. The molecular weight excluding hydrogens is 428 g/mol. The molecule has 0 N–H and O–H groups in total. The van der Waals surface area contributed by atoms with Crippen molar-refractivity contribution in [1.82, 2.24) is 9.30 Å². The highest BCUT2D eigenvalue weighted by atomic mass is 35.5. The van der Waals surface area contributed by atoms with Crippen LogP contribution in [0.4, 0.5) is 0 Å². The van der Waals surface area contributed by atoms with Crippen LogP contribution in [0.5, 0.6) is 0 Å². The number of carbonyl (C=O) groups is 1. The van der Waals surface area contributed by atoms with Crippen molar-refractivity contribution in [3.05, 3.63) is 76.1 Å². The predicted molar refractivity (Wildman–Crippen MR) is 143 cm³/mol. The van der Waals surface area contributed by atoms with E-state index in [-0.39, 0.29) is 0 Å². The van der Waals surface area contributed by atoms with Gasteiger partial charge in [0.1, 0.15) is 11.4 Å². The number of unbranched alkanes of at least 4 members (excludes halogenated alkanes) is 1. The number of aldehydes is 1. The molecule has 4 heteroatoms. The van der Waals surface area contributed by atoms with Crippen molar-refractivity contribution in [2.24, 2.45) is 0 Å². The average Bonchev–Trinajstić information content (AvgIpc) is 3.17. The van der Waals surface area contributed by atoms with E-state index in [0.717, 1.165) is 42.8 Å². The number of rotatable bonds is 12. The molecule has 33 heavy (non-hydrogen) atoms. The molecule has 0 saturated heterocycles. The second kappa shape index (κ2) is 14.9. The maximum atomic E-state index is 10.5. The Morgan fingerprint density at radius 1 is 0.879 bits per heavy atom. The second-order valence-corrected chi connectivity index (χ2v) is 9.00. The lowest BCUT2D eigenvalue weighted by molar-refractivity contribution is 0.112. The van der Waals surface area contributed by atoms with E-state index in [0.29, 0.717) is 0 Å². The van der Waals surface area contributed by atoms with Crippen LogP contribution in [0.15, 0.2) is 48.7 Å². The topological polar surface area (TPSA) is 24.7 Å². The Morgan fingerprint density at radius 2 is 1.61 bits per heavy atom. The molecule has 3 rings (SSSR count). The van der Waals surface area contributed by atoms with Gasteiger partial charge in [0, 0.05) is 17.3 Å². The Bertz CT molecular complexity index is 962. The van der Waals surface area contributed by atoms with Gasteiger partial charge in [-0.15, -0.1) is 0 Å². The van der Waals surface area contributed by atoms with E-state index in [9.17, 15) is 4.79 Å². The highest BCUT2D eigenvalue weighted by molar-refractivity contribution is 6.30. The Balaban J connectivity index is 0.000000234. The van der Waals surface area contributed by atoms with Crippen molar-refractivity contribution >= 4 is 23.4 Å². The van der Waals surface area contributed by atoms with Gasteiger partial charge in [-0.2, -0.15) is 0 Å². The Hall–Kier alpha value is -2.10. The van der Waals surface area contributed by atoms with E-state index in [1.807, 2.05) is 12.1 Å². The minimum atomic E-state index is 0.759. The van der Waals surface area contributed by atoms with Gasteiger partial charge in [-0.25, -0.2) is 0 Å². The van der Waals surface area contributed by atoms with Crippen LogP contribution < -0.4 is 0 Å². The van der Waals surface area contributed by atoms with Gasteiger partial charge < -0.3 is 9.30 Å². The third-order valence-corrected chi connectivity index (χ3v) is 6.52. The fourth-order valence-corrected chi connectivity index (χ4v) is 4.30. The molecule has 0 atom stereocenters. The summed E-state index contributed by atoms with van der Waals surface area (Å²) >= 11 is 6.38. The van der Waals surface area contributed by atoms with Gasteiger partial charge in [-0.05, 0) is 87.0 Å². The first-order chi connectivity index (χ1) is 16.1. The van der Waals surface area contributed by atoms with Crippen LogP contribution >= 0.6 is 11.6 Å². The third-order valence-electron chi connectivity index (χ3n) is 6.09. The SMILES string of the molecule is CCCCc1cc2ccc(CC)cn2c1Cl.CCCN(CC)CCCc1ccc(C=O)cc1. The van der Waals surface area contributed by atoms with Crippen LogP contribution in [0.1, 0.15) is 80.4 Å². The van der Waals surface area contributed by atoms with Crippen LogP contribution in [0.2, 0.25) is 5.15 Å². The molecule has 0 fully saturated rings. The quantitative estimate of drug-likeness (QED) is 0.255. The molecule has 0 spiro atoms. The Kier molecular flexibility index (Phi) is 12.3. The number of fused-ring (bicyclic) bond motifs is 1. The number of halogens is 1. The van der Waals surface area contributed by atoms with Crippen molar-refractivity contribution in [3.8, 4) is 0 Å². The average molecular weight is 469 g/mol. The van der Waals surface area contributed by atoms with Crippen LogP contribution in [0.3, 0.4) is 0 Å². The van der Waals surface area contributed by atoms with Crippen LogP contribution in [0, 0.1) is 0 Å². The molecule has 0 bridgehead atoms. The first kappa shape index (κ1) is 27.1. The van der Waals surface area contributed by atoms with Crippen molar-refractivity contribution < 1.29 is 4.79 Å². The highest BCUT2D eigenvalue weighted by Gasteiger charge is 2.07. The summed E-state index contributed by atoms with van der Waals surface area (Å²) in [6, 6.07) is 14.4. The molecule has 3 nitrogen and oxygen atoms in total. The molecule has 1 aromatic carbocycles. The molecule has 0 aliphatic carbocycles. The summed E-state index contributed by atoms with van der Waals surface area (Å²) in [5, 5.41) is 0.888. The second-order valence-electron chi connectivity index (χ2n) is 8.65. The number of pyridine rings is 1. The van der Waals surface area contributed by atoms with E-state index < -0.39 is 0 Å². The first-order valence-corrected chi connectivity index (χ1v) is 13.0. The van der Waals surface area contributed by atoms with Gasteiger partial charge in [0.2, 0.25) is 0 Å². The molecule has 2 heterocycles. The summed E-state index contributed by atoms with van der Waals surface area (Å²) in [7, 11) is 0. The zero-order valence-electron chi connectivity index (χ0n) is 20.9. The van der Waals surface area contributed by atoms with Crippen molar-refractivity contribution in [2.75, 3.05) is 19.6 Å². The molecule has 180 valence electrons. The smallest absolute Gasteiger partial charge is 0.150 e. The first-order valence-electron chi connectivity index (χ1n) is 12.6. The molecular formula is C29H41ClN2O. The molecule has 0 radical (unpaired) electrons. The molecule has 0 aliphatic heterocycles. The number of carbonyl (C=O) groups excluding carboxylic acids is 1. The van der Waals surface area contributed by atoms with Crippen LogP contribution in [-0.2, 0) is 19.3 Å². The van der Waals surface area contributed by atoms with E-state index in [1.165, 1.54) is 61.0 Å². The largest absolute Gasteiger partial charge is 0.307 e. The van der Waals surface area contributed by atoms with Crippen LogP contribution in [0.25, 0.3) is 5.52 Å². The fraction of sp³-hybridized carbons (Fsp3) is 0.483. The van der Waals surface area contributed by atoms with Gasteiger partial charge in [-0.1, -0.05) is 76.0 Å². The number of benzene rings is 1. The summed E-state index contributed by atoms with van der Waals surface area (Å²) in [4.78, 5) is 13.0. The van der Waals surface area contributed by atoms with Gasteiger partial charge in [-0.3, -0.25) is 4.79 Å².